The van der Waals surface area contributed by atoms with E-state index in [1.807, 2.05) is 24.3 Å². The summed E-state index contributed by atoms with van der Waals surface area (Å²) >= 11 is 1.43. The molecule has 2 bridgehead atoms. The number of primary amides is 1. The molecule has 2 fully saturated rings. The molecule has 144 valence electrons. The van der Waals surface area contributed by atoms with E-state index in [0.29, 0.717) is 29.6 Å². The number of urea groups is 1. The normalized spacial score (nSPS) is 21.5. The number of nitrogens with zero attached hydrogens (tertiary/aromatic N) is 3. The number of rotatable bonds is 4. The van der Waals surface area contributed by atoms with Crippen molar-refractivity contribution in [2.75, 3.05) is 13.1 Å². The SMILES string of the molecule is NC(=O)N1CC2C[C@H]1CN2Cc1ccc(Oc2nc3ccccc3s2)cc1F. The molecule has 2 saturated heterocycles. The number of thiazole rings is 1. The van der Waals surface area contributed by atoms with E-state index >= 15 is 0 Å². The van der Waals surface area contributed by atoms with E-state index in [0.717, 1.165) is 23.2 Å². The molecule has 2 N–H and O–H groups in total. The smallest absolute Gasteiger partial charge is 0.315 e. The van der Waals surface area contributed by atoms with E-state index in [2.05, 4.69) is 9.88 Å². The minimum Gasteiger partial charge on any atom is -0.431 e. The average Bonchev–Trinajstić information content (AvgIpc) is 3.36. The number of para-hydroxylation sites is 1. The second-order valence-electron chi connectivity index (χ2n) is 7.27. The van der Waals surface area contributed by atoms with Gasteiger partial charge in [0.25, 0.3) is 5.19 Å². The minimum absolute atomic E-state index is 0.146. The molecule has 28 heavy (non-hydrogen) atoms. The van der Waals surface area contributed by atoms with Gasteiger partial charge in [0.05, 0.1) is 10.2 Å². The van der Waals surface area contributed by atoms with Gasteiger partial charge < -0.3 is 15.4 Å². The van der Waals surface area contributed by atoms with Crippen LogP contribution in [-0.2, 0) is 6.54 Å². The zero-order chi connectivity index (χ0) is 19.3. The van der Waals surface area contributed by atoms with Gasteiger partial charge in [-0.15, -0.1) is 0 Å². The highest BCUT2D eigenvalue weighted by Gasteiger charge is 2.44. The molecule has 1 aromatic heterocycles. The number of hydrogen-bond acceptors (Lipinski definition) is 5. The first-order chi connectivity index (χ1) is 13.6. The van der Waals surface area contributed by atoms with Crippen LogP contribution in [0.25, 0.3) is 10.2 Å². The summed E-state index contributed by atoms with van der Waals surface area (Å²) in [6.07, 6.45) is 0.906. The van der Waals surface area contributed by atoms with Crippen LogP contribution in [-0.4, -0.2) is 46.0 Å². The lowest BCUT2D eigenvalue weighted by atomic mass is 10.1. The summed E-state index contributed by atoms with van der Waals surface area (Å²) in [6.45, 7) is 1.87. The number of halogens is 1. The van der Waals surface area contributed by atoms with Crippen LogP contribution in [0.1, 0.15) is 12.0 Å². The summed E-state index contributed by atoms with van der Waals surface area (Å²) in [4.78, 5) is 19.8. The van der Waals surface area contributed by atoms with Gasteiger partial charge >= 0.3 is 6.03 Å². The largest absolute Gasteiger partial charge is 0.431 e. The van der Waals surface area contributed by atoms with E-state index in [4.69, 9.17) is 10.5 Å². The lowest BCUT2D eigenvalue weighted by Gasteiger charge is -2.33. The number of carbonyl (C=O) groups excluding carboxylic acids is 1. The van der Waals surface area contributed by atoms with Gasteiger partial charge in [0, 0.05) is 43.3 Å². The lowest BCUT2D eigenvalue weighted by Crippen LogP contribution is -2.50. The van der Waals surface area contributed by atoms with E-state index in [9.17, 15) is 9.18 Å². The minimum atomic E-state index is -0.366. The van der Waals surface area contributed by atoms with Crippen molar-refractivity contribution >= 4 is 27.6 Å². The fourth-order valence-corrected chi connectivity index (χ4v) is 4.98. The van der Waals surface area contributed by atoms with Gasteiger partial charge in [-0.1, -0.05) is 29.5 Å². The second kappa shape index (κ2) is 6.72. The van der Waals surface area contributed by atoms with E-state index in [1.54, 1.807) is 17.0 Å². The van der Waals surface area contributed by atoms with Crippen LogP contribution in [0.2, 0.25) is 0 Å². The molecule has 2 aliphatic heterocycles. The highest BCUT2D eigenvalue weighted by atomic mass is 32.1. The van der Waals surface area contributed by atoms with Crippen LogP contribution in [0.4, 0.5) is 9.18 Å². The molecule has 2 atom stereocenters. The van der Waals surface area contributed by atoms with Crippen molar-refractivity contribution in [3.63, 3.8) is 0 Å². The molecule has 2 aliphatic rings. The highest BCUT2D eigenvalue weighted by molar-refractivity contribution is 7.20. The summed E-state index contributed by atoms with van der Waals surface area (Å²) in [7, 11) is 0. The fourth-order valence-electron chi connectivity index (χ4n) is 4.15. The Hall–Kier alpha value is -2.71. The Labute approximate surface area is 165 Å². The molecule has 0 spiro atoms. The number of likely N-dealkylation sites (tertiary alicyclic amines) is 2. The van der Waals surface area contributed by atoms with Gasteiger partial charge in [-0.3, -0.25) is 4.90 Å². The number of nitrogens with two attached hydrogens (primary N) is 1. The Kier molecular flexibility index (Phi) is 4.17. The standard InChI is InChI=1S/C20H19FN4O2S/c21-16-8-15(27-20-23-17-3-1-2-4-18(17)28-20)6-5-12(16)9-24-10-14-7-13(24)11-25(14)19(22)26/h1-6,8,13-14H,7,9-11H2,(H2,22,26)/t13?,14-/m0/s1. The van der Waals surface area contributed by atoms with Gasteiger partial charge in [-0.25, -0.2) is 14.2 Å². The third-order valence-corrected chi connectivity index (χ3v) is 6.43. The van der Waals surface area contributed by atoms with Crippen LogP contribution in [0.5, 0.6) is 10.9 Å². The first-order valence-corrected chi connectivity index (χ1v) is 10.0. The molecule has 0 saturated carbocycles. The van der Waals surface area contributed by atoms with Gasteiger partial charge in [0.1, 0.15) is 11.6 Å². The van der Waals surface area contributed by atoms with Crippen molar-refractivity contribution in [3.05, 3.63) is 53.8 Å². The summed E-state index contributed by atoms with van der Waals surface area (Å²) in [5.41, 5.74) is 6.89. The molecule has 5 rings (SSSR count). The van der Waals surface area contributed by atoms with E-state index in [-0.39, 0.29) is 23.9 Å². The zero-order valence-electron chi connectivity index (χ0n) is 15.0. The number of carbonyl (C=O) groups is 1. The number of benzene rings is 2. The number of amides is 2. The molecule has 3 heterocycles. The van der Waals surface area contributed by atoms with Crippen molar-refractivity contribution in [3.8, 4) is 10.9 Å². The topological polar surface area (TPSA) is 71.7 Å². The maximum Gasteiger partial charge on any atom is 0.315 e. The Balaban J connectivity index is 1.27. The molecular formula is C20H19FN4O2S. The van der Waals surface area contributed by atoms with Crippen LogP contribution < -0.4 is 10.5 Å². The first-order valence-electron chi connectivity index (χ1n) is 9.19. The molecule has 2 aromatic carbocycles. The van der Waals surface area contributed by atoms with E-state index < -0.39 is 0 Å². The van der Waals surface area contributed by atoms with Gasteiger partial charge in [0.2, 0.25) is 0 Å². The highest BCUT2D eigenvalue weighted by Crippen LogP contribution is 2.34. The van der Waals surface area contributed by atoms with Gasteiger partial charge in [0.15, 0.2) is 0 Å². The second-order valence-corrected chi connectivity index (χ2v) is 8.26. The molecule has 1 unspecified atom stereocenters. The third kappa shape index (κ3) is 3.08. The third-order valence-electron chi connectivity index (χ3n) is 5.51. The van der Waals surface area contributed by atoms with Crippen LogP contribution in [0, 0.1) is 5.82 Å². The summed E-state index contributed by atoms with van der Waals surface area (Å²) < 4.78 is 21.4. The maximum atomic E-state index is 14.6. The number of hydrogen-bond donors (Lipinski definition) is 1. The van der Waals surface area contributed by atoms with Crippen molar-refractivity contribution in [1.82, 2.24) is 14.8 Å². The molecule has 0 radical (unpaired) electrons. The number of aromatic nitrogens is 1. The molecular weight excluding hydrogens is 379 g/mol. The molecule has 2 amide bonds. The van der Waals surface area contributed by atoms with Crippen LogP contribution >= 0.6 is 11.3 Å². The summed E-state index contributed by atoms with van der Waals surface area (Å²) in [5, 5.41) is 0.497. The molecule has 8 heteroatoms. The first kappa shape index (κ1) is 17.4. The Bertz CT molecular complexity index is 1020. The maximum absolute atomic E-state index is 14.6. The lowest BCUT2D eigenvalue weighted by molar-refractivity contribution is 0.136. The predicted octanol–water partition coefficient (Wildman–Crippen LogP) is 3.56. The number of piperazine rings is 1. The Morgan fingerprint density at radius 1 is 1.25 bits per heavy atom. The van der Waals surface area contributed by atoms with Gasteiger partial charge in [-0.05, 0) is 24.6 Å². The van der Waals surface area contributed by atoms with Crippen LogP contribution in [0.15, 0.2) is 42.5 Å². The summed E-state index contributed by atoms with van der Waals surface area (Å²) in [6, 6.07) is 12.7. The van der Waals surface area contributed by atoms with Gasteiger partial charge in [-0.2, -0.15) is 0 Å². The molecule has 0 aliphatic carbocycles. The zero-order valence-corrected chi connectivity index (χ0v) is 15.9. The predicted molar refractivity (Wildman–Crippen MR) is 105 cm³/mol. The number of ether oxygens (including phenoxy) is 1. The Morgan fingerprint density at radius 2 is 2.11 bits per heavy atom. The quantitative estimate of drug-likeness (QED) is 0.729. The van der Waals surface area contributed by atoms with Crippen molar-refractivity contribution in [2.45, 2.75) is 25.0 Å². The fraction of sp³-hybridized carbons (Fsp3) is 0.300. The monoisotopic (exact) mass is 398 g/mol. The average molecular weight is 398 g/mol. The molecule has 6 nitrogen and oxygen atoms in total. The Morgan fingerprint density at radius 3 is 2.82 bits per heavy atom. The van der Waals surface area contributed by atoms with Crippen molar-refractivity contribution in [2.24, 2.45) is 5.73 Å². The van der Waals surface area contributed by atoms with Crippen molar-refractivity contribution in [1.29, 1.82) is 0 Å². The van der Waals surface area contributed by atoms with Crippen molar-refractivity contribution < 1.29 is 13.9 Å². The van der Waals surface area contributed by atoms with Crippen LogP contribution in [0.3, 0.4) is 0 Å². The number of fused-ring (bicyclic) bond motifs is 3. The van der Waals surface area contributed by atoms with E-state index in [1.165, 1.54) is 17.4 Å². The molecule has 3 aromatic rings. The summed E-state index contributed by atoms with van der Waals surface area (Å²) in [5.74, 6) is 0.135.